The van der Waals surface area contributed by atoms with E-state index in [4.69, 9.17) is 9.47 Å². The Morgan fingerprint density at radius 2 is 1.52 bits per heavy atom. The second kappa shape index (κ2) is 9.95. The molecule has 31 heavy (non-hydrogen) atoms. The average Bonchev–Trinajstić information content (AvgIpc) is 3.24. The van der Waals surface area contributed by atoms with Gasteiger partial charge in [-0.15, -0.1) is 10.2 Å². The monoisotopic (exact) mass is 431 g/mol. The maximum absolute atomic E-state index is 12.5. The van der Waals surface area contributed by atoms with Gasteiger partial charge >= 0.3 is 5.97 Å². The van der Waals surface area contributed by atoms with Gasteiger partial charge in [0, 0.05) is 11.3 Å². The Kier molecular flexibility index (Phi) is 6.64. The molecular weight excluding hydrogens is 410 g/mol. The number of para-hydroxylation sites is 3. The van der Waals surface area contributed by atoms with Gasteiger partial charge in [0.25, 0.3) is 0 Å². The van der Waals surface area contributed by atoms with Crippen LogP contribution in [0.15, 0.2) is 90.1 Å². The number of esters is 1. The van der Waals surface area contributed by atoms with E-state index in [0.29, 0.717) is 29.1 Å². The molecule has 0 saturated heterocycles. The zero-order valence-corrected chi connectivity index (χ0v) is 17.8. The second-order valence-electron chi connectivity index (χ2n) is 6.49. The van der Waals surface area contributed by atoms with Crippen LogP contribution in [-0.4, -0.2) is 33.1 Å². The first-order valence-electron chi connectivity index (χ1n) is 9.88. The van der Waals surface area contributed by atoms with E-state index in [1.807, 2.05) is 78.2 Å². The van der Waals surface area contributed by atoms with Crippen LogP contribution >= 0.6 is 11.8 Å². The molecule has 4 rings (SSSR count). The maximum Gasteiger partial charge on any atom is 0.321 e. The van der Waals surface area contributed by atoms with Crippen molar-refractivity contribution in [3.8, 4) is 28.6 Å². The lowest BCUT2D eigenvalue weighted by atomic mass is 10.2. The molecule has 3 aromatic carbocycles. The fourth-order valence-electron chi connectivity index (χ4n) is 3.03. The number of aromatic nitrogens is 3. The Bertz CT molecular complexity index is 1150. The highest BCUT2D eigenvalue weighted by Crippen LogP contribution is 2.29. The number of benzene rings is 3. The van der Waals surface area contributed by atoms with E-state index in [-0.39, 0.29) is 11.7 Å². The van der Waals surface area contributed by atoms with Crippen molar-refractivity contribution >= 4 is 17.7 Å². The van der Waals surface area contributed by atoms with Gasteiger partial charge in [-0.25, -0.2) is 0 Å². The molecule has 0 radical (unpaired) electrons. The summed E-state index contributed by atoms with van der Waals surface area (Å²) in [5.41, 5.74) is 1.86. The molecule has 6 nitrogen and oxygen atoms in total. The average molecular weight is 432 g/mol. The minimum absolute atomic E-state index is 0.0835. The van der Waals surface area contributed by atoms with Crippen LogP contribution in [0.4, 0.5) is 0 Å². The van der Waals surface area contributed by atoms with Gasteiger partial charge in [-0.2, -0.15) is 0 Å². The zero-order valence-electron chi connectivity index (χ0n) is 17.0. The summed E-state index contributed by atoms with van der Waals surface area (Å²) in [5.74, 6) is 1.36. The van der Waals surface area contributed by atoms with E-state index >= 15 is 0 Å². The van der Waals surface area contributed by atoms with Crippen molar-refractivity contribution in [2.45, 2.75) is 12.1 Å². The van der Waals surface area contributed by atoms with Gasteiger partial charge in [0.1, 0.15) is 0 Å². The van der Waals surface area contributed by atoms with Crippen molar-refractivity contribution < 1.29 is 14.3 Å². The molecule has 0 bridgehead atoms. The van der Waals surface area contributed by atoms with E-state index in [2.05, 4.69) is 10.2 Å². The standard InChI is InChI=1S/C24H21N3O3S/c1-2-29-20-15-9-10-16-21(20)30-22(28)17-31-24-26-25-23(18-11-5-3-6-12-18)27(24)19-13-7-4-8-14-19/h3-16H,2,17H2,1H3. The lowest BCUT2D eigenvalue weighted by Crippen LogP contribution is -2.12. The van der Waals surface area contributed by atoms with Crippen LogP contribution in [0, 0.1) is 0 Å². The van der Waals surface area contributed by atoms with Crippen molar-refractivity contribution in [1.29, 1.82) is 0 Å². The summed E-state index contributed by atoms with van der Waals surface area (Å²) in [5, 5.41) is 9.33. The number of hydrogen-bond donors (Lipinski definition) is 0. The fourth-order valence-corrected chi connectivity index (χ4v) is 3.76. The molecule has 7 heteroatoms. The van der Waals surface area contributed by atoms with Crippen LogP contribution in [0.5, 0.6) is 11.5 Å². The maximum atomic E-state index is 12.5. The Labute approximate surface area is 184 Å². The molecule has 156 valence electrons. The molecule has 0 saturated carbocycles. The molecule has 1 aromatic heterocycles. The van der Waals surface area contributed by atoms with Crippen molar-refractivity contribution in [3.05, 3.63) is 84.9 Å². The van der Waals surface area contributed by atoms with E-state index in [0.717, 1.165) is 11.3 Å². The Hall–Kier alpha value is -3.58. The number of nitrogens with zero attached hydrogens (tertiary/aromatic N) is 3. The van der Waals surface area contributed by atoms with Gasteiger partial charge in [0.2, 0.25) is 0 Å². The van der Waals surface area contributed by atoms with Crippen LogP contribution in [0.2, 0.25) is 0 Å². The number of hydrogen-bond acceptors (Lipinski definition) is 6. The van der Waals surface area contributed by atoms with E-state index in [9.17, 15) is 4.79 Å². The quantitative estimate of drug-likeness (QED) is 0.221. The topological polar surface area (TPSA) is 66.2 Å². The SMILES string of the molecule is CCOc1ccccc1OC(=O)CSc1nnc(-c2ccccc2)n1-c1ccccc1. The number of ether oxygens (including phenoxy) is 2. The van der Waals surface area contributed by atoms with Gasteiger partial charge in [-0.1, -0.05) is 72.4 Å². The lowest BCUT2D eigenvalue weighted by molar-refractivity contribution is -0.131. The smallest absolute Gasteiger partial charge is 0.321 e. The van der Waals surface area contributed by atoms with Gasteiger partial charge in [0.15, 0.2) is 22.5 Å². The summed E-state index contributed by atoms with van der Waals surface area (Å²) < 4.78 is 13.0. The molecule has 0 N–H and O–H groups in total. The molecule has 0 unspecified atom stereocenters. The summed E-state index contributed by atoms with van der Waals surface area (Å²) in [7, 11) is 0. The first-order chi connectivity index (χ1) is 15.3. The van der Waals surface area contributed by atoms with Gasteiger partial charge in [0.05, 0.1) is 12.4 Å². The van der Waals surface area contributed by atoms with E-state index in [1.165, 1.54) is 11.8 Å². The first-order valence-corrected chi connectivity index (χ1v) is 10.9. The number of rotatable bonds is 8. The van der Waals surface area contributed by atoms with Crippen molar-refractivity contribution in [1.82, 2.24) is 14.8 Å². The second-order valence-corrected chi connectivity index (χ2v) is 7.43. The predicted octanol–water partition coefficient (Wildman–Crippen LogP) is 5.03. The summed E-state index contributed by atoms with van der Waals surface area (Å²) in [6.07, 6.45) is 0. The Morgan fingerprint density at radius 1 is 0.871 bits per heavy atom. The number of carbonyl (C=O) groups is 1. The van der Waals surface area contributed by atoms with Gasteiger partial charge < -0.3 is 9.47 Å². The highest BCUT2D eigenvalue weighted by atomic mass is 32.2. The molecular formula is C24H21N3O3S. The Morgan fingerprint density at radius 3 is 2.23 bits per heavy atom. The van der Waals surface area contributed by atoms with Crippen molar-refractivity contribution in [2.24, 2.45) is 0 Å². The third-order valence-electron chi connectivity index (χ3n) is 4.37. The van der Waals surface area contributed by atoms with Crippen LogP contribution in [-0.2, 0) is 4.79 Å². The third-order valence-corrected chi connectivity index (χ3v) is 5.27. The first kappa shape index (κ1) is 20.7. The lowest BCUT2D eigenvalue weighted by Gasteiger charge is -2.11. The van der Waals surface area contributed by atoms with Crippen molar-refractivity contribution in [2.75, 3.05) is 12.4 Å². The van der Waals surface area contributed by atoms with Crippen LogP contribution in [0.3, 0.4) is 0 Å². The van der Waals surface area contributed by atoms with Crippen LogP contribution in [0.1, 0.15) is 6.92 Å². The molecule has 0 amide bonds. The van der Waals surface area contributed by atoms with E-state index < -0.39 is 0 Å². The summed E-state index contributed by atoms with van der Waals surface area (Å²) in [4.78, 5) is 12.5. The summed E-state index contributed by atoms with van der Waals surface area (Å²) in [6.45, 7) is 2.38. The van der Waals surface area contributed by atoms with Crippen molar-refractivity contribution in [3.63, 3.8) is 0 Å². The number of thioether (sulfide) groups is 1. The minimum Gasteiger partial charge on any atom is -0.490 e. The molecule has 0 aliphatic carbocycles. The molecule has 4 aromatic rings. The molecule has 0 atom stereocenters. The molecule has 0 spiro atoms. The molecule has 0 aliphatic rings. The normalized spacial score (nSPS) is 10.6. The highest BCUT2D eigenvalue weighted by molar-refractivity contribution is 7.99. The summed E-state index contributed by atoms with van der Waals surface area (Å²) in [6, 6.07) is 26.8. The molecule has 0 aliphatic heterocycles. The Balaban J connectivity index is 1.55. The van der Waals surface area contributed by atoms with Gasteiger partial charge in [-0.3, -0.25) is 9.36 Å². The van der Waals surface area contributed by atoms with E-state index in [1.54, 1.807) is 18.2 Å². The minimum atomic E-state index is -0.388. The predicted molar refractivity (Wildman–Crippen MR) is 121 cm³/mol. The van der Waals surface area contributed by atoms with Crippen LogP contribution < -0.4 is 9.47 Å². The molecule has 1 heterocycles. The molecule has 0 fully saturated rings. The van der Waals surface area contributed by atoms with Crippen LogP contribution in [0.25, 0.3) is 17.1 Å². The van der Waals surface area contributed by atoms with Gasteiger partial charge in [-0.05, 0) is 31.2 Å². The fraction of sp³-hybridized carbons (Fsp3) is 0.125. The summed E-state index contributed by atoms with van der Waals surface area (Å²) >= 11 is 1.28. The highest BCUT2D eigenvalue weighted by Gasteiger charge is 2.18. The third kappa shape index (κ3) is 4.95. The zero-order chi connectivity index (χ0) is 21.5. The number of carbonyl (C=O) groups excluding carboxylic acids is 1. The largest absolute Gasteiger partial charge is 0.490 e.